The molecule has 1 spiro atoms. The molecule has 2 heterocycles. The molecule has 1 aliphatic heterocycles. The van der Waals surface area contributed by atoms with E-state index in [1.807, 2.05) is 18.5 Å². The second-order valence-electron chi connectivity index (χ2n) is 7.45. The van der Waals surface area contributed by atoms with Crippen LogP contribution in [0.1, 0.15) is 38.2 Å². The van der Waals surface area contributed by atoms with Crippen molar-refractivity contribution < 1.29 is 9.53 Å². The molecule has 1 aromatic heterocycles. The molecule has 0 radical (unpaired) electrons. The number of carbonyl (C=O) groups excluding carboxylic acids is 1. The first-order valence-electron chi connectivity index (χ1n) is 8.33. The molecule has 1 saturated heterocycles. The number of nitriles is 1. The van der Waals surface area contributed by atoms with Gasteiger partial charge in [-0.2, -0.15) is 5.26 Å². The number of ether oxygens (including phenoxy) is 1. The fourth-order valence-electron chi connectivity index (χ4n) is 4.33. The van der Waals surface area contributed by atoms with Crippen molar-refractivity contribution in [2.75, 3.05) is 6.54 Å². The van der Waals surface area contributed by atoms with Crippen molar-refractivity contribution in [2.24, 2.45) is 5.41 Å². The normalized spacial score (nSPS) is 29.4. The third-order valence-electron chi connectivity index (χ3n) is 5.33. The summed E-state index contributed by atoms with van der Waals surface area (Å²) in [6.45, 7) is 3.66. The van der Waals surface area contributed by atoms with E-state index in [2.05, 4.69) is 27.9 Å². The number of imidazole rings is 1. The number of carbonyl (C=O) groups is 1. The Bertz CT molecular complexity index is 852. The summed E-state index contributed by atoms with van der Waals surface area (Å²) in [4.78, 5) is 16.0. The average molecular weight is 324 g/mol. The first-order chi connectivity index (χ1) is 11.5. The van der Waals surface area contributed by atoms with Crippen LogP contribution in [0.5, 0.6) is 0 Å². The lowest BCUT2D eigenvalue weighted by molar-refractivity contribution is -0.0265. The van der Waals surface area contributed by atoms with Crippen LogP contribution in [0.4, 0.5) is 4.79 Å². The molecule has 1 saturated carbocycles. The zero-order valence-electron chi connectivity index (χ0n) is 13.7. The Morgan fingerprint density at radius 3 is 3.08 bits per heavy atom. The molecule has 1 aliphatic carbocycles. The van der Waals surface area contributed by atoms with Gasteiger partial charge in [-0.25, -0.2) is 9.78 Å². The zero-order valence-corrected chi connectivity index (χ0v) is 13.7. The molecule has 6 heteroatoms. The maximum absolute atomic E-state index is 11.5. The summed E-state index contributed by atoms with van der Waals surface area (Å²) in [5.41, 5.74) is 2.19. The van der Waals surface area contributed by atoms with Gasteiger partial charge in [0, 0.05) is 6.54 Å². The second kappa shape index (κ2) is 5.23. The lowest BCUT2D eigenvalue weighted by Crippen LogP contribution is -2.44. The van der Waals surface area contributed by atoms with Gasteiger partial charge < -0.3 is 14.6 Å². The van der Waals surface area contributed by atoms with E-state index in [-0.39, 0.29) is 17.1 Å². The van der Waals surface area contributed by atoms with Gasteiger partial charge in [-0.1, -0.05) is 6.92 Å². The van der Waals surface area contributed by atoms with Crippen molar-refractivity contribution in [3.05, 3.63) is 30.1 Å². The number of fused-ring (bicyclic) bond motifs is 1. The van der Waals surface area contributed by atoms with Crippen molar-refractivity contribution in [1.82, 2.24) is 14.9 Å². The molecule has 124 valence electrons. The van der Waals surface area contributed by atoms with E-state index in [0.29, 0.717) is 12.1 Å². The third kappa shape index (κ3) is 2.50. The van der Waals surface area contributed by atoms with Crippen LogP contribution in [-0.4, -0.2) is 27.8 Å². The fourth-order valence-corrected chi connectivity index (χ4v) is 4.33. The summed E-state index contributed by atoms with van der Waals surface area (Å²) in [7, 11) is 0. The molecule has 1 amide bonds. The van der Waals surface area contributed by atoms with Crippen molar-refractivity contribution in [3.8, 4) is 6.07 Å². The molecular formula is C18H20N4O2. The van der Waals surface area contributed by atoms with Crippen LogP contribution >= 0.6 is 0 Å². The number of amides is 1. The molecule has 1 N–H and O–H groups in total. The number of hydrogen-bond acceptors (Lipinski definition) is 4. The van der Waals surface area contributed by atoms with Gasteiger partial charge in [0.15, 0.2) is 0 Å². The Labute approximate surface area is 140 Å². The van der Waals surface area contributed by atoms with E-state index in [1.54, 1.807) is 6.07 Å². The highest BCUT2D eigenvalue weighted by molar-refractivity contribution is 5.77. The van der Waals surface area contributed by atoms with Gasteiger partial charge in [0.1, 0.15) is 5.60 Å². The Morgan fingerprint density at radius 1 is 1.46 bits per heavy atom. The molecule has 6 nitrogen and oxygen atoms in total. The molecule has 2 fully saturated rings. The average Bonchev–Trinajstić information content (AvgIpc) is 3.10. The highest BCUT2D eigenvalue weighted by atomic mass is 16.6. The van der Waals surface area contributed by atoms with E-state index >= 15 is 0 Å². The largest absolute Gasteiger partial charge is 0.441 e. The number of nitrogens with zero attached hydrogens (tertiary/aromatic N) is 3. The lowest BCUT2D eigenvalue weighted by Gasteiger charge is -2.42. The Kier molecular flexibility index (Phi) is 3.27. The molecule has 0 bridgehead atoms. The zero-order chi connectivity index (χ0) is 16.8. The summed E-state index contributed by atoms with van der Waals surface area (Å²) in [6, 6.07) is 7.76. The summed E-state index contributed by atoms with van der Waals surface area (Å²) >= 11 is 0. The quantitative estimate of drug-likeness (QED) is 0.921. The van der Waals surface area contributed by atoms with E-state index in [1.165, 1.54) is 0 Å². The maximum atomic E-state index is 11.5. The molecular weight excluding hydrogens is 304 g/mol. The Hall–Kier alpha value is -2.55. The van der Waals surface area contributed by atoms with E-state index < -0.39 is 0 Å². The highest BCUT2D eigenvalue weighted by Gasteiger charge is 2.48. The summed E-state index contributed by atoms with van der Waals surface area (Å²) in [5, 5.41) is 11.9. The first-order valence-corrected chi connectivity index (χ1v) is 8.33. The van der Waals surface area contributed by atoms with Crippen LogP contribution in [0.15, 0.2) is 24.5 Å². The van der Waals surface area contributed by atoms with E-state index in [4.69, 9.17) is 10.00 Å². The van der Waals surface area contributed by atoms with Gasteiger partial charge in [-0.05, 0) is 49.3 Å². The van der Waals surface area contributed by atoms with Crippen molar-refractivity contribution in [3.63, 3.8) is 0 Å². The smallest absolute Gasteiger partial charge is 0.407 e. The highest BCUT2D eigenvalue weighted by Crippen LogP contribution is 2.45. The topological polar surface area (TPSA) is 79.9 Å². The van der Waals surface area contributed by atoms with Gasteiger partial charge in [-0.3, -0.25) is 0 Å². The second-order valence-corrected chi connectivity index (χ2v) is 7.45. The first kappa shape index (κ1) is 15.0. The van der Waals surface area contributed by atoms with Crippen LogP contribution in [0.3, 0.4) is 0 Å². The lowest BCUT2D eigenvalue weighted by atomic mass is 9.68. The Balaban J connectivity index is 1.62. The van der Waals surface area contributed by atoms with Crippen LogP contribution in [0.2, 0.25) is 0 Å². The summed E-state index contributed by atoms with van der Waals surface area (Å²) in [5.74, 6) is 0. The van der Waals surface area contributed by atoms with Crippen LogP contribution in [0.25, 0.3) is 11.0 Å². The number of aromatic nitrogens is 2. The van der Waals surface area contributed by atoms with Crippen molar-refractivity contribution >= 4 is 17.1 Å². The number of hydrogen-bond donors (Lipinski definition) is 1. The minimum absolute atomic E-state index is 0.0286. The van der Waals surface area contributed by atoms with Gasteiger partial charge in [0.25, 0.3) is 0 Å². The summed E-state index contributed by atoms with van der Waals surface area (Å²) < 4.78 is 7.73. The molecule has 2 aromatic rings. The molecule has 1 unspecified atom stereocenters. The SMILES string of the molecule is CC1(Cn2cnc3ccc(C#N)cc32)CCC[C@]2(CNC(=O)O2)C1. The Morgan fingerprint density at radius 2 is 2.33 bits per heavy atom. The van der Waals surface area contributed by atoms with Crippen LogP contribution in [-0.2, 0) is 11.3 Å². The van der Waals surface area contributed by atoms with Crippen molar-refractivity contribution in [2.45, 2.75) is 44.8 Å². The van der Waals surface area contributed by atoms with Crippen LogP contribution in [0, 0.1) is 16.7 Å². The van der Waals surface area contributed by atoms with Gasteiger partial charge in [0.2, 0.25) is 0 Å². The van der Waals surface area contributed by atoms with Gasteiger partial charge >= 0.3 is 6.09 Å². The molecule has 1 aromatic carbocycles. The molecule has 24 heavy (non-hydrogen) atoms. The minimum atomic E-state index is -0.363. The maximum Gasteiger partial charge on any atom is 0.407 e. The number of rotatable bonds is 2. The van der Waals surface area contributed by atoms with Gasteiger partial charge in [0.05, 0.1) is 35.5 Å². The van der Waals surface area contributed by atoms with Crippen molar-refractivity contribution in [1.29, 1.82) is 5.26 Å². The predicted octanol–water partition coefficient (Wildman–Crippen LogP) is 2.97. The third-order valence-corrected chi connectivity index (χ3v) is 5.33. The van der Waals surface area contributed by atoms with E-state index in [0.717, 1.165) is 43.3 Å². The van der Waals surface area contributed by atoms with Gasteiger partial charge in [-0.15, -0.1) is 0 Å². The molecule has 2 atom stereocenters. The number of benzene rings is 1. The predicted molar refractivity (Wildman–Crippen MR) is 88.2 cm³/mol. The fraction of sp³-hybridized carbons (Fsp3) is 0.500. The van der Waals surface area contributed by atoms with E-state index in [9.17, 15) is 4.79 Å². The number of alkyl carbamates (subject to hydrolysis) is 1. The minimum Gasteiger partial charge on any atom is -0.441 e. The van der Waals surface area contributed by atoms with Crippen LogP contribution < -0.4 is 5.32 Å². The molecule has 2 aliphatic rings. The molecule has 4 rings (SSSR count). The standard InChI is InChI=1S/C18H20N4O2/c1-17(5-2-6-18(9-17)10-20-16(23)24-18)11-22-12-21-14-4-3-13(8-19)7-15(14)22/h3-4,7,12H,2,5-6,9-11H2,1H3,(H,20,23)/t17?,18-/m1/s1. The number of nitrogens with one attached hydrogen (secondary N) is 1. The summed E-state index contributed by atoms with van der Waals surface area (Å²) in [6.07, 6.45) is 5.44. The monoisotopic (exact) mass is 324 g/mol.